The molecule has 0 aromatic heterocycles. The summed E-state index contributed by atoms with van der Waals surface area (Å²) in [5, 5.41) is 43.4. The van der Waals surface area contributed by atoms with Gasteiger partial charge in [0.25, 0.3) is 0 Å². The molecule has 30 heavy (non-hydrogen) atoms. The predicted molar refractivity (Wildman–Crippen MR) is 102 cm³/mol. The van der Waals surface area contributed by atoms with Crippen LogP contribution in [0.4, 0.5) is 0 Å². The molecule has 0 unspecified atom stereocenters. The van der Waals surface area contributed by atoms with E-state index in [2.05, 4.69) is 10.6 Å². The SMILES string of the molecule is CCCN(CC(=O)N[C@H]1C=C(C(=O)O)O[C@@H]([C@H](O)[C@H](O)CO)[C@@H]1NC(C)=O)C(C)=O. The van der Waals surface area contributed by atoms with Crippen molar-refractivity contribution in [1.29, 1.82) is 0 Å². The largest absolute Gasteiger partial charge is 0.478 e. The zero-order valence-electron chi connectivity index (χ0n) is 17.1. The first-order chi connectivity index (χ1) is 14.0. The van der Waals surface area contributed by atoms with Crippen molar-refractivity contribution in [3.05, 3.63) is 11.8 Å². The second kappa shape index (κ2) is 11.5. The van der Waals surface area contributed by atoms with Crippen LogP contribution in [0, 0.1) is 0 Å². The Kier molecular flexibility index (Phi) is 9.69. The minimum absolute atomic E-state index is 0.296. The van der Waals surface area contributed by atoms with Gasteiger partial charge in [-0.25, -0.2) is 4.79 Å². The fourth-order valence-electron chi connectivity index (χ4n) is 3.02. The molecule has 0 saturated carbocycles. The monoisotopic (exact) mass is 431 g/mol. The van der Waals surface area contributed by atoms with Gasteiger partial charge in [0.1, 0.15) is 18.3 Å². The highest BCUT2D eigenvalue weighted by molar-refractivity contribution is 5.86. The summed E-state index contributed by atoms with van der Waals surface area (Å²) in [6.07, 6.45) is -3.28. The van der Waals surface area contributed by atoms with Crippen LogP contribution in [-0.4, -0.2) is 99.1 Å². The smallest absolute Gasteiger partial charge is 0.370 e. The summed E-state index contributed by atoms with van der Waals surface area (Å²) < 4.78 is 5.23. The lowest BCUT2D eigenvalue weighted by Gasteiger charge is -2.40. The number of carboxylic acid groups (broad SMARTS) is 1. The first-order valence-corrected chi connectivity index (χ1v) is 9.42. The summed E-state index contributed by atoms with van der Waals surface area (Å²) >= 11 is 0. The van der Waals surface area contributed by atoms with Crippen molar-refractivity contribution >= 4 is 23.7 Å². The van der Waals surface area contributed by atoms with E-state index in [0.29, 0.717) is 13.0 Å². The molecule has 6 N–H and O–H groups in total. The third kappa shape index (κ3) is 6.97. The Hall–Kier alpha value is -2.70. The van der Waals surface area contributed by atoms with E-state index in [9.17, 15) is 34.5 Å². The minimum Gasteiger partial charge on any atom is -0.478 e. The number of amides is 3. The van der Waals surface area contributed by atoms with Gasteiger partial charge in [-0.1, -0.05) is 6.92 Å². The highest BCUT2D eigenvalue weighted by Crippen LogP contribution is 2.23. The number of hydrogen-bond donors (Lipinski definition) is 6. The highest BCUT2D eigenvalue weighted by atomic mass is 16.5. The number of carbonyl (C=O) groups excluding carboxylic acids is 3. The minimum atomic E-state index is -1.77. The average molecular weight is 431 g/mol. The van der Waals surface area contributed by atoms with Gasteiger partial charge in [0.2, 0.25) is 23.5 Å². The molecule has 1 rings (SSSR count). The number of rotatable bonds is 10. The number of aliphatic hydroxyl groups excluding tert-OH is 3. The topological polar surface area (TPSA) is 186 Å². The summed E-state index contributed by atoms with van der Waals surface area (Å²) in [6, 6.07) is -2.30. The second-order valence-electron chi connectivity index (χ2n) is 6.92. The molecule has 5 atom stereocenters. The summed E-state index contributed by atoms with van der Waals surface area (Å²) in [5.74, 6) is -3.63. The molecule has 0 radical (unpaired) electrons. The molecule has 3 amide bonds. The standard InChI is InChI=1S/C18H29N3O9/c1-4-5-21(10(3)24)7-14(26)20-11-6-13(18(28)29)30-17(15(11)19-9(2)23)16(27)12(25)8-22/h6,11-12,15-17,22,25,27H,4-5,7-8H2,1-3H3,(H,19,23)(H,20,26)(H,28,29)/t11-,12+,15+,16+,17+/m0/s1. The van der Waals surface area contributed by atoms with Crippen molar-refractivity contribution in [2.24, 2.45) is 0 Å². The molecule has 0 aliphatic carbocycles. The number of hydrogen-bond acceptors (Lipinski definition) is 8. The van der Waals surface area contributed by atoms with Gasteiger partial charge in [-0.05, 0) is 12.5 Å². The average Bonchev–Trinajstić information content (AvgIpc) is 2.66. The maximum Gasteiger partial charge on any atom is 0.370 e. The van der Waals surface area contributed by atoms with E-state index in [0.717, 1.165) is 6.08 Å². The first-order valence-electron chi connectivity index (χ1n) is 9.42. The van der Waals surface area contributed by atoms with E-state index in [4.69, 9.17) is 9.84 Å². The number of nitrogens with one attached hydrogen (secondary N) is 2. The molecule has 0 saturated heterocycles. The van der Waals surface area contributed by atoms with E-state index >= 15 is 0 Å². The molecule has 12 nitrogen and oxygen atoms in total. The van der Waals surface area contributed by atoms with Crippen molar-refractivity contribution in [1.82, 2.24) is 15.5 Å². The third-order valence-electron chi connectivity index (χ3n) is 4.43. The molecule has 0 spiro atoms. The van der Waals surface area contributed by atoms with E-state index < -0.39 is 60.5 Å². The number of ether oxygens (including phenoxy) is 1. The van der Waals surface area contributed by atoms with Crippen molar-refractivity contribution in [2.45, 2.75) is 57.6 Å². The van der Waals surface area contributed by atoms with Crippen LogP contribution >= 0.6 is 0 Å². The van der Waals surface area contributed by atoms with Crippen LogP contribution in [0.3, 0.4) is 0 Å². The van der Waals surface area contributed by atoms with Gasteiger partial charge in [-0.3, -0.25) is 14.4 Å². The van der Waals surface area contributed by atoms with E-state index in [1.807, 2.05) is 6.92 Å². The Morgan fingerprint density at radius 1 is 1.20 bits per heavy atom. The Labute approximate surface area is 173 Å². The molecular formula is C18H29N3O9. The van der Waals surface area contributed by atoms with Crippen LogP contribution in [0.1, 0.15) is 27.2 Å². The number of aliphatic carboxylic acids is 1. The third-order valence-corrected chi connectivity index (χ3v) is 4.43. The lowest BCUT2D eigenvalue weighted by molar-refractivity contribution is -0.147. The maximum absolute atomic E-state index is 12.5. The van der Waals surface area contributed by atoms with E-state index in [-0.39, 0.29) is 12.5 Å². The Morgan fingerprint density at radius 2 is 1.83 bits per heavy atom. The van der Waals surface area contributed by atoms with Crippen molar-refractivity contribution in [3.63, 3.8) is 0 Å². The quantitative estimate of drug-likeness (QED) is 0.214. The number of carboxylic acids is 1. The number of aliphatic hydroxyl groups is 3. The summed E-state index contributed by atoms with van der Waals surface area (Å²) in [5.41, 5.74) is 0. The van der Waals surface area contributed by atoms with Crippen LogP contribution in [0.2, 0.25) is 0 Å². The van der Waals surface area contributed by atoms with Gasteiger partial charge >= 0.3 is 5.97 Å². The van der Waals surface area contributed by atoms with Crippen LogP contribution in [0.5, 0.6) is 0 Å². The second-order valence-corrected chi connectivity index (χ2v) is 6.92. The molecule has 0 aromatic carbocycles. The van der Waals surface area contributed by atoms with Gasteiger partial charge in [0.15, 0.2) is 0 Å². The van der Waals surface area contributed by atoms with Gasteiger partial charge in [-0.15, -0.1) is 0 Å². The van der Waals surface area contributed by atoms with E-state index in [1.54, 1.807) is 0 Å². The molecule has 0 aromatic rings. The zero-order valence-corrected chi connectivity index (χ0v) is 17.1. The summed E-state index contributed by atoms with van der Waals surface area (Å²) in [7, 11) is 0. The molecule has 1 aliphatic heterocycles. The summed E-state index contributed by atoms with van der Waals surface area (Å²) in [4.78, 5) is 48.5. The Morgan fingerprint density at radius 3 is 2.30 bits per heavy atom. The Balaban J connectivity index is 3.19. The summed E-state index contributed by atoms with van der Waals surface area (Å²) in [6.45, 7) is 3.51. The van der Waals surface area contributed by atoms with Crippen LogP contribution < -0.4 is 10.6 Å². The van der Waals surface area contributed by atoms with E-state index in [1.165, 1.54) is 18.7 Å². The van der Waals surface area contributed by atoms with Gasteiger partial charge in [0.05, 0.1) is 25.2 Å². The normalized spacial score (nSPS) is 22.7. The van der Waals surface area contributed by atoms with Gasteiger partial charge in [-0.2, -0.15) is 0 Å². The molecule has 1 heterocycles. The zero-order chi connectivity index (χ0) is 23.0. The first kappa shape index (κ1) is 25.3. The molecule has 0 fully saturated rings. The number of nitrogens with zero attached hydrogens (tertiary/aromatic N) is 1. The Bertz CT molecular complexity index is 682. The van der Waals surface area contributed by atoms with Gasteiger partial charge in [0, 0.05) is 20.4 Å². The van der Waals surface area contributed by atoms with Crippen LogP contribution in [0.15, 0.2) is 11.8 Å². The lowest BCUT2D eigenvalue weighted by atomic mass is 9.92. The fourth-order valence-corrected chi connectivity index (χ4v) is 3.02. The molecule has 12 heteroatoms. The van der Waals surface area contributed by atoms with Crippen molar-refractivity contribution in [3.8, 4) is 0 Å². The fraction of sp³-hybridized carbons (Fsp3) is 0.667. The molecule has 0 bridgehead atoms. The predicted octanol–water partition coefficient (Wildman–Crippen LogP) is -2.68. The van der Waals surface area contributed by atoms with Crippen LogP contribution in [-0.2, 0) is 23.9 Å². The molecule has 170 valence electrons. The van der Waals surface area contributed by atoms with Crippen LogP contribution in [0.25, 0.3) is 0 Å². The highest BCUT2D eigenvalue weighted by Gasteiger charge is 2.44. The number of carbonyl (C=O) groups is 4. The van der Waals surface area contributed by atoms with Crippen molar-refractivity contribution in [2.75, 3.05) is 19.7 Å². The molecular weight excluding hydrogens is 402 g/mol. The lowest BCUT2D eigenvalue weighted by Crippen LogP contribution is -2.64. The molecule has 1 aliphatic rings. The van der Waals surface area contributed by atoms with Crippen molar-refractivity contribution < 1.29 is 44.3 Å². The maximum atomic E-state index is 12.5. The van der Waals surface area contributed by atoms with Gasteiger partial charge < -0.3 is 40.7 Å².